The summed E-state index contributed by atoms with van der Waals surface area (Å²) >= 11 is 0. The van der Waals surface area contributed by atoms with Gasteiger partial charge in [-0.05, 0) is 243 Å². The van der Waals surface area contributed by atoms with E-state index in [0.29, 0.717) is 0 Å². The van der Waals surface area contributed by atoms with Crippen LogP contribution < -0.4 is 5.63 Å². The van der Waals surface area contributed by atoms with Crippen molar-refractivity contribution < 1.29 is 4.42 Å². The second kappa shape index (κ2) is 25.8. The first kappa shape index (κ1) is 57.9. The van der Waals surface area contributed by atoms with Crippen molar-refractivity contribution in [2.45, 2.75) is 90.9 Å². The second-order valence-electron chi connectivity index (χ2n) is 25.1. The molecule has 5 nitrogen and oxygen atoms in total. The van der Waals surface area contributed by atoms with Gasteiger partial charge in [0.2, 0.25) is 0 Å². The van der Waals surface area contributed by atoms with Gasteiger partial charge in [0, 0.05) is 56.9 Å². The van der Waals surface area contributed by atoms with Gasteiger partial charge in [-0.3, -0.25) is 0 Å². The number of nitrogens with one attached hydrogen (secondary N) is 3. The lowest BCUT2D eigenvalue weighted by atomic mass is 9.77. The minimum Gasteiger partial charge on any atom is -0.422 e. The van der Waals surface area contributed by atoms with E-state index in [2.05, 4.69) is 217 Å². The van der Waals surface area contributed by atoms with E-state index >= 15 is 0 Å². The van der Waals surface area contributed by atoms with Gasteiger partial charge < -0.3 is 19.4 Å². The van der Waals surface area contributed by atoms with Gasteiger partial charge in [-0.15, -0.1) is 0 Å². The molecule has 0 atom stereocenters. The molecule has 450 valence electrons. The number of fused-ring (bicyclic) bond motifs is 10. The fraction of sp³-hybridized carbons (Fsp3) is 0.161. The molecule has 3 aliphatic carbocycles. The normalized spacial score (nSPS) is 13.3. The summed E-state index contributed by atoms with van der Waals surface area (Å²) in [7, 11) is 0. The Morgan fingerprint density at radius 1 is 0.283 bits per heavy atom. The molecule has 4 heterocycles. The predicted octanol–water partition coefficient (Wildman–Crippen LogP) is 22.7. The fourth-order valence-corrected chi connectivity index (χ4v) is 15.4. The molecular formula is C87H75N3O2. The first-order chi connectivity index (χ1) is 45.5. The van der Waals surface area contributed by atoms with E-state index in [1.165, 1.54) is 160 Å². The highest BCUT2D eigenvalue weighted by atomic mass is 16.4. The van der Waals surface area contributed by atoms with Gasteiger partial charge >= 0.3 is 5.63 Å². The zero-order valence-corrected chi connectivity index (χ0v) is 52.6. The highest BCUT2D eigenvalue weighted by Gasteiger charge is 2.28. The Bertz CT molecular complexity index is 4960. The van der Waals surface area contributed by atoms with Crippen molar-refractivity contribution in [2.24, 2.45) is 0 Å². The van der Waals surface area contributed by atoms with Crippen LogP contribution in [0.15, 0.2) is 264 Å². The largest absolute Gasteiger partial charge is 0.422 e. The third kappa shape index (κ3) is 11.0. The molecular weight excluding hydrogens is 1120 g/mol. The van der Waals surface area contributed by atoms with E-state index < -0.39 is 0 Å². The van der Waals surface area contributed by atoms with Gasteiger partial charge in [0.1, 0.15) is 5.76 Å². The summed E-state index contributed by atoms with van der Waals surface area (Å²) < 4.78 is 5.79. The topological polar surface area (TPSA) is 77.6 Å². The number of hydrogen-bond donors (Lipinski definition) is 3. The molecule has 0 fully saturated rings. The molecule has 0 saturated carbocycles. The average molecular weight is 1190 g/mol. The van der Waals surface area contributed by atoms with Crippen molar-refractivity contribution in [1.29, 1.82) is 0 Å². The predicted molar refractivity (Wildman–Crippen MR) is 387 cm³/mol. The lowest BCUT2D eigenvalue weighted by molar-refractivity contribution is 0.510. The van der Waals surface area contributed by atoms with E-state index in [9.17, 15) is 4.79 Å². The van der Waals surface area contributed by atoms with E-state index in [-0.39, 0.29) is 5.63 Å². The van der Waals surface area contributed by atoms with Gasteiger partial charge in [0.25, 0.3) is 0 Å². The maximum Gasteiger partial charge on any atom is 0.344 e. The Morgan fingerprint density at radius 2 is 0.587 bits per heavy atom. The molecule has 18 rings (SSSR count). The monoisotopic (exact) mass is 1190 g/mol. The Hall–Kier alpha value is -10.5. The van der Waals surface area contributed by atoms with Crippen LogP contribution in [0.5, 0.6) is 0 Å². The van der Waals surface area contributed by atoms with Crippen LogP contribution in [-0.4, -0.2) is 15.0 Å². The maximum absolute atomic E-state index is 12.7. The van der Waals surface area contributed by atoms with Gasteiger partial charge in [0.05, 0.1) is 5.56 Å². The van der Waals surface area contributed by atoms with Crippen molar-refractivity contribution in [3.8, 4) is 67.0 Å². The molecule has 4 aromatic heterocycles. The molecule has 0 spiro atoms. The molecule has 5 heteroatoms. The average Bonchev–Trinajstić information content (AvgIpc) is 1.14. The van der Waals surface area contributed by atoms with Crippen molar-refractivity contribution in [2.75, 3.05) is 0 Å². The van der Waals surface area contributed by atoms with E-state index in [0.717, 1.165) is 61.0 Å². The van der Waals surface area contributed by atoms with Crippen LogP contribution in [0.3, 0.4) is 0 Å². The van der Waals surface area contributed by atoms with Crippen molar-refractivity contribution in [3.05, 3.63) is 310 Å². The third-order valence-corrected chi connectivity index (χ3v) is 19.7. The van der Waals surface area contributed by atoms with Crippen LogP contribution in [0.25, 0.3) is 121 Å². The summed E-state index contributed by atoms with van der Waals surface area (Å²) in [6.07, 6.45) is 20.1. The molecule has 92 heavy (non-hydrogen) atoms. The van der Waals surface area contributed by atoms with Crippen LogP contribution in [0, 0.1) is 13.8 Å². The number of benzene rings is 11. The van der Waals surface area contributed by atoms with Crippen LogP contribution in [-0.2, 0) is 38.5 Å². The van der Waals surface area contributed by atoms with Crippen LogP contribution in [0.1, 0.15) is 83.0 Å². The quantitative estimate of drug-likeness (QED) is 0.155. The maximum atomic E-state index is 12.7. The molecule has 0 unspecified atom stereocenters. The summed E-state index contributed by atoms with van der Waals surface area (Å²) in [6, 6.07) is 83.8. The summed E-state index contributed by atoms with van der Waals surface area (Å²) in [6.45, 7) is 4.30. The highest BCUT2D eigenvalue weighted by Crippen LogP contribution is 2.49. The number of H-pyrrole nitrogens is 3. The Kier molecular flexibility index (Phi) is 16.2. The molecule has 0 saturated heterocycles. The first-order valence-corrected chi connectivity index (χ1v) is 33.2. The number of hydrogen-bond acceptors (Lipinski definition) is 2. The zero-order chi connectivity index (χ0) is 61.9. The molecule has 0 amide bonds. The van der Waals surface area contributed by atoms with Crippen LogP contribution in [0.2, 0.25) is 0 Å². The molecule has 3 N–H and O–H groups in total. The molecule has 15 aromatic rings. The Balaban J connectivity index is 0.000000106. The summed E-state index contributed by atoms with van der Waals surface area (Å²) in [4.78, 5) is 22.8. The standard InChI is InChI=1S/2C28H23N.C21H18O2.C10H11N/c2*1-3-9-19(10-4-1)26-21-13-7-8-14-22(21)27(20-11-5-2-6-12-20)28-23-17-18-29-25(23)16-15-24(26)28;22-21-19(15-9-3-1-4-10-15)17-13-7-8-14-18(17)20(23-21)16-11-5-2-6-12-16;1-7-3-4-10-9(8(7)2)5-6-11-10/h2*1-6,9-12,15-18,29H,7-8,13-14H2;1-6,9-12H,7-8,13-14H2;3-6,11H,1-2H3. The van der Waals surface area contributed by atoms with Crippen molar-refractivity contribution in [3.63, 3.8) is 0 Å². The molecule has 3 aliphatic rings. The molecule has 11 aromatic carbocycles. The SMILES string of the molecule is Cc1ccc2[nH]ccc2c1C.O=c1oc(-c2ccccc2)c2c(c1-c1ccccc1)CCCC2.c1ccc(-c2c3c(c(-c4ccccc4)c4c2ccc2[nH]ccc24)CCCC3)cc1.c1ccc(-c2c3c(c(-c4ccccc4)c4c2ccc2[nH]ccc24)CCCC3)cc1. The van der Waals surface area contributed by atoms with E-state index in [1.807, 2.05) is 66.9 Å². The van der Waals surface area contributed by atoms with Crippen molar-refractivity contribution >= 4 is 54.3 Å². The Labute approximate surface area is 538 Å². The van der Waals surface area contributed by atoms with Gasteiger partial charge in [-0.1, -0.05) is 200 Å². The third-order valence-electron chi connectivity index (χ3n) is 19.7. The number of aromatic nitrogens is 3. The smallest absolute Gasteiger partial charge is 0.344 e. The summed E-state index contributed by atoms with van der Waals surface area (Å²) in [5.41, 5.74) is 28.6. The molecule has 0 aliphatic heterocycles. The minimum atomic E-state index is -0.226. The zero-order valence-electron chi connectivity index (χ0n) is 52.6. The van der Waals surface area contributed by atoms with Gasteiger partial charge in [-0.2, -0.15) is 0 Å². The van der Waals surface area contributed by atoms with E-state index in [4.69, 9.17) is 4.42 Å². The summed E-state index contributed by atoms with van der Waals surface area (Å²) in [5, 5.41) is 9.54. The first-order valence-electron chi connectivity index (χ1n) is 33.2. The lowest BCUT2D eigenvalue weighted by Crippen LogP contribution is -2.15. The lowest BCUT2D eigenvalue weighted by Gasteiger charge is -2.26. The van der Waals surface area contributed by atoms with Crippen LogP contribution >= 0.6 is 0 Å². The highest BCUT2D eigenvalue weighted by molar-refractivity contribution is 6.21. The van der Waals surface area contributed by atoms with E-state index in [1.54, 1.807) is 22.3 Å². The Morgan fingerprint density at radius 3 is 0.989 bits per heavy atom. The summed E-state index contributed by atoms with van der Waals surface area (Å²) in [5.74, 6) is 0.755. The number of aromatic amines is 3. The van der Waals surface area contributed by atoms with Gasteiger partial charge in [-0.25, -0.2) is 4.79 Å². The molecule has 0 radical (unpaired) electrons. The molecule has 0 bridgehead atoms. The van der Waals surface area contributed by atoms with Crippen molar-refractivity contribution in [1.82, 2.24) is 15.0 Å². The second-order valence-corrected chi connectivity index (χ2v) is 25.1. The van der Waals surface area contributed by atoms with Gasteiger partial charge in [0.15, 0.2) is 0 Å². The van der Waals surface area contributed by atoms with Crippen LogP contribution in [0.4, 0.5) is 0 Å². The number of aryl methyl sites for hydroxylation is 2. The number of rotatable bonds is 6. The minimum absolute atomic E-state index is 0.226. The fourth-order valence-electron chi connectivity index (χ4n) is 15.4.